The first-order valence-corrected chi connectivity index (χ1v) is 7.32. The number of anilines is 1. The minimum absolute atomic E-state index is 0.146. The third-order valence-corrected chi connectivity index (χ3v) is 3.34. The summed E-state index contributed by atoms with van der Waals surface area (Å²) in [5, 5.41) is 9.24. The molecule has 0 bridgehead atoms. The van der Waals surface area contributed by atoms with Crippen LogP contribution in [0.15, 0.2) is 64.1 Å². The van der Waals surface area contributed by atoms with E-state index in [1.54, 1.807) is 6.07 Å². The fraction of sp³-hybridized carbons (Fsp3) is 0.111. The van der Waals surface area contributed by atoms with Crippen LogP contribution in [0.2, 0.25) is 0 Å². The van der Waals surface area contributed by atoms with E-state index < -0.39 is 0 Å². The van der Waals surface area contributed by atoms with Crippen molar-refractivity contribution in [1.82, 2.24) is 5.43 Å². The number of amides is 1. The van der Waals surface area contributed by atoms with Gasteiger partial charge in [-0.1, -0.05) is 30.3 Å². The quantitative estimate of drug-likeness (QED) is 0.561. The Morgan fingerprint density at radius 2 is 1.96 bits per heavy atom. The lowest BCUT2D eigenvalue weighted by molar-refractivity contribution is -0.119. The lowest BCUT2D eigenvalue weighted by atomic mass is 10.1. The maximum absolute atomic E-state index is 11.8. The number of carbonyl (C=O) groups excluding carboxylic acids is 1. The molecule has 3 aromatic rings. The number of aryl methyl sites for hydroxylation is 1. The lowest BCUT2D eigenvalue weighted by Gasteiger charge is -2.06. The molecular formula is C18H17N3O2. The van der Waals surface area contributed by atoms with E-state index in [1.165, 1.54) is 11.6 Å². The van der Waals surface area contributed by atoms with Crippen molar-refractivity contribution in [3.05, 3.63) is 66.1 Å². The summed E-state index contributed by atoms with van der Waals surface area (Å²) in [6, 6.07) is 17.7. The molecule has 3 rings (SSSR count). The van der Waals surface area contributed by atoms with Crippen LogP contribution in [0.5, 0.6) is 0 Å². The number of benzene rings is 2. The molecule has 0 saturated heterocycles. The van der Waals surface area contributed by atoms with Gasteiger partial charge in [0.2, 0.25) is 0 Å². The molecule has 116 valence electrons. The summed E-state index contributed by atoms with van der Waals surface area (Å²) in [5.41, 5.74) is 3.35. The monoisotopic (exact) mass is 307 g/mol. The van der Waals surface area contributed by atoms with Crippen LogP contribution in [-0.2, 0) is 4.79 Å². The third-order valence-electron chi connectivity index (χ3n) is 3.34. The highest BCUT2D eigenvalue weighted by Gasteiger charge is 2.01. The van der Waals surface area contributed by atoms with Gasteiger partial charge < -0.3 is 9.73 Å². The van der Waals surface area contributed by atoms with Crippen molar-refractivity contribution in [2.45, 2.75) is 6.92 Å². The predicted octanol–water partition coefficient (Wildman–Crippen LogP) is 3.30. The van der Waals surface area contributed by atoms with Gasteiger partial charge in [0.05, 0.1) is 12.8 Å². The van der Waals surface area contributed by atoms with Gasteiger partial charge in [0.1, 0.15) is 11.5 Å². The summed E-state index contributed by atoms with van der Waals surface area (Å²) in [4.78, 5) is 11.8. The predicted molar refractivity (Wildman–Crippen MR) is 91.6 cm³/mol. The highest BCUT2D eigenvalue weighted by atomic mass is 16.3. The minimum atomic E-state index is -0.224. The van der Waals surface area contributed by atoms with Crippen LogP contribution in [0.4, 0.5) is 5.69 Å². The van der Waals surface area contributed by atoms with E-state index in [2.05, 4.69) is 21.9 Å². The van der Waals surface area contributed by atoms with Crippen molar-refractivity contribution in [1.29, 1.82) is 0 Å². The number of fused-ring (bicyclic) bond motifs is 1. The van der Waals surface area contributed by atoms with Gasteiger partial charge in [0.15, 0.2) is 0 Å². The molecule has 0 unspecified atom stereocenters. The number of rotatable bonds is 5. The average molecular weight is 307 g/mol. The maximum atomic E-state index is 11.8. The molecule has 2 N–H and O–H groups in total. The number of furan rings is 1. The Hall–Kier alpha value is -3.08. The fourth-order valence-electron chi connectivity index (χ4n) is 2.21. The second-order valence-corrected chi connectivity index (χ2v) is 5.16. The number of nitrogens with one attached hydrogen (secondary N) is 2. The van der Waals surface area contributed by atoms with Crippen LogP contribution >= 0.6 is 0 Å². The minimum Gasteiger partial charge on any atom is -0.460 e. The molecule has 0 spiro atoms. The van der Waals surface area contributed by atoms with Crippen molar-refractivity contribution in [3.8, 4) is 0 Å². The van der Waals surface area contributed by atoms with Gasteiger partial charge >= 0.3 is 0 Å². The number of carbonyl (C=O) groups is 1. The van der Waals surface area contributed by atoms with Crippen LogP contribution in [0.25, 0.3) is 10.8 Å². The second kappa shape index (κ2) is 6.79. The van der Waals surface area contributed by atoms with E-state index in [1.807, 2.05) is 49.4 Å². The molecule has 2 aromatic carbocycles. The van der Waals surface area contributed by atoms with Crippen molar-refractivity contribution < 1.29 is 9.21 Å². The number of hydrogen-bond acceptors (Lipinski definition) is 4. The van der Waals surface area contributed by atoms with E-state index in [0.29, 0.717) is 5.76 Å². The van der Waals surface area contributed by atoms with E-state index in [0.717, 1.165) is 16.8 Å². The highest BCUT2D eigenvalue weighted by Crippen LogP contribution is 2.18. The van der Waals surface area contributed by atoms with Gasteiger partial charge in [-0.25, -0.2) is 5.43 Å². The van der Waals surface area contributed by atoms with Crippen molar-refractivity contribution in [3.63, 3.8) is 0 Å². The van der Waals surface area contributed by atoms with Gasteiger partial charge in [-0.3, -0.25) is 4.79 Å². The molecule has 0 fully saturated rings. The van der Waals surface area contributed by atoms with Crippen LogP contribution in [-0.4, -0.2) is 18.7 Å². The first-order valence-electron chi connectivity index (χ1n) is 7.32. The molecule has 0 radical (unpaired) electrons. The number of hydrogen-bond donors (Lipinski definition) is 2. The van der Waals surface area contributed by atoms with Crippen LogP contribution in [0, 0.1) is 6.92 Å². The van der Waals surface area contributed by atoms with E-state index in [-0.39, 0.29) is 12.5 Å². The summed E-state index contributed by atoms with van der Waals surface area (Å²) >= 11 is 0. The van der Waals surface area contributed by atoms with Gasteiger partial charge in [0, 0.05) is 5.69 Å². The molecule has 1 heterocycles. The fourth-order valence-corrected chi connectivity index (χ4v) is 2.21. The summed E-state index contributed by atoms with van der Waals surface area (Å²) in [6.07, 6.45) is 1.47. The smallest absolute Gasteiger partial charge is 0.259 e. The number of hydrazone groups is 1. The molecule has 0 aliphatic carbocycles. The highest BCUT2D eigenvalue weighted by molar-refractivity contribution is 5.87. The largest absolute Gasteiger partial charge is 0.460 e. The Kier molecular flexibility index (Phi) is 4.38. The van der Waals surface area contributed by atoms with Crippen molar-refractivity contribution >= 4 is 28.6 Å². The molecule has 1 amide bonds. The lowest BCUT2D eigenvalue weighted by Crippen LogP contribution is -2.25. The first-order chi connectivity index (χ1) is 11.2. The Morgan fingerprint density at radius 1 is 1.13 bits per heavy atom. The Bertz CT molecular complexity index is 852. The van der Waals surface area contributed by atoms with E-state index >= 15 is 0 Å². The van der Waals surface area contributed by atoms with E-state index in [4.69, 9.17) is 4.42 Å². The van der Waals surface area contributed by atoms with Crippen molar-refractivity contribution in [2.75, 3.05) is 11.9 Å². The van der Waals surface area contributed by atoms with Crippen LogP contribution in [0.1, 0.15) is 11.5 Å². The molecule has 23 heavy (non-hydrogen) atoms. The second-order valence-electron chi connectivity index (χ2n) is 5.16. The first kappa shape index (κ1) is 14.8. The molecular weight excluding hydrogens is 290 g/mol. The molecule has 1 aromatic heterocycles. The zero-order valence-electron chi connectivity index (χ0n) is 12.7. The zero-order valence-corrected chi connectivity index (χ0v) is 12.7. The Morgan fingerprint density at radius 3 is 2.74 bits per heavy atom. The van der Waals surface area contributed by atoms with Crippen LogP contribution in [0.3, 0.4) is 0 Å². The molecule has 0 aliphatic rings. The summed E-state index contributed by atoms with van der Waals surface area (Å²) in [5.74, 6) is 1.18. The van der Waals surface area contributed by atoms with Crippen molar-refractivity contribution in [2.24, 2.45) is 5.10 Å². The van der Waals surface area contributed by atoms with E-state index in [9.17, 15) is 4.79 Å². The summed E-state index contributed by atoms with van der Waals surface area (Å²) in [6.45, 7) is 2.00. The van der Waals surface area contributed by atoms with Gasteiger partial charge in [-0.15, -0.1) is 0 Å². The number of nitrogens with zero attached hydrogens (tertiary/aromatic N) is 1. The van der Waals surface area contributed by atoms with Gasteiger partial charge in [0.25, 0.3) is 5.91 Å². The third kappa shape index (κ3) is 3.97. The molecule has 0 saturated carbocycles. The maximum Gasteiger partial charge on any atom is 0.259 e. The SMILES string of the molecule is Cc1ccc(C=NNC(=O)CNc2ccc3ccccc3c2)o1. The molecule has 5 nitrogen and oxygen atoms in total. The topological polar surface area (TPSA) is 66.6 Å². The van der Waals surface area contributed by atoms with Gasteiger partial charge in [-0.05, 0) is 42.0 Å². The van der Waals surface area contributed by atoms with Crippen LogP contribution < -0.4 is 10.7 Å². The van der Waals surface area contributed by atoms with Gasteiger partial charge in [-0.2, -0.15) is 5.10 Å². The summed E-state index contributed by atoms with van der Waals surface area (Å²) < 4.78 is 5.32. The Labute approximate surface area is 134 Å². The normalized spacial score (nSPS) is 11.0. The standard InChI is InChI=1S/C18H17N3O2/c1-13-6-9-17(23-13)11-20-21-18(22)12-19-16-8-7-14-4-2-3-5-15(14)10-16/h2-11,19H,12H2,1H3,(H,21,22). The average Bonchev–Trinajstić information content (AvgIpc) is 2.98. The summed E-state index contributed by atoms with van der Waals surface area (Å²) in [7, 11) is 0. The molecule has 5 heteroatoms. The zero-order chi connectivity index (χ0) is 16.1. The molecule has 0 atom stereocenters. The molecule has 0 aliphatic heterocycles. The Balaban J connectivity index is 1.52.